The Kier molecular flexibility index (Phi) is 6.83. The van der Waals surface area contributed by atoms with Gasteiger partial charge in [-0.25, -0.2) is 4.98 Å². The van der Waals surface area contributed by atoms with Crippen LogP contribution in [-0.2, 0) is 6.54 Å². The van der Waals surface area contributed by atoms with E-state index in [0.29, 0.717) is 13.0 Å². The van der Waals surface area contributed by atoms with E-state index in [1.165, 1.54) is 0 Å². The maximum Gasteiger partial charge on any atom is 0.267 e. The van der Waals surface area contributed by atoms with E-state index >= 15 is 0 Å². The molecule has 2 atom stereocenters. The third-order valence-electron chi connectivity index (χ3n) is 7.23. The summed E-state index contributed by atoms with van der Waals surface area (Å²) >= 11 is 0. The number of hydrogen-bond acceptors (Lipinski definition) is 6. The topological polar surface area (TPSA) is 90.2 Å². The van der Waals surface area contributed by atoms with Crippen LogP contribution in [0.25, 0.3) is 5.52 Å². The van der Waals surface area contributed by atoms with Crippen molar-refractivity contribution >= 4 is 17.2 Å². The molecule has 3 aromatic heterocycles. The van der Waals surface area contributed by atoms with E-state index in [-0.39, 0.29) is 17.2 Å². The Labute approximate surface area is 205 Å². The number of pyridine rings is 3. The number of amides is 1. The molecular weight excluding hydrogens is 442 g/mol. The molecule has 0 unspecified atom stereocenters. The van der Waals surface area contributed by atoms with Gasteiger partial charge >= 0.3 is 0 Å². The molecule has 0 radical (unpaired) electrons. The third-order valence-corrected chi connectivity index (χ3v) is 7.23. The van der Waals surface area contributed by atoms with Crippen molar-refractivity contribution in [1.82, 2.24) is 19.6 Å². The Morgan fingerprint density at radius 1 is 1.11 bits per heavy atom. The summed E-state index contributed by atoms with van der Waals surface area (Å²) in [7, 11) is 0. The van der Waals surface area contributed by atoms with Gasteiger partial charge in [-0.15, -0.1) is 0 Å². The van der Waals surface area contributed by atoms with Gasteiger partial charge in [-0.3, -0.25) is 18.9 Å². The lowest BCUT2D eigenvalue weighted by atomic mass is 9.92. The van der Waals surface area contributed by atoms with Crippen molar-refractivity contribution in [3.05, 3.63) is 75.8 Å². The lowest BCUT2D eigenvalue weighted by Crippen LogP contribution is -2.47. The molecule has 4 heterocycles. The van der Waals surface area contributed by atoms with E-state index < -0.39 is 12.0 Å². The number of carbonyl (C=O) groups excluding carboxylic acids is 1. The van der Waals surface area contributed by atoms with Crippen LogP contribution in [0, 0.1) is 6.92 Å². The highest BCUT2D eigenvalue weighted by molar-refractivity contribution is 5.94. The van der Waals surface area contributed by atoms with E-state index in [1.54, 1.807) is 22.7 Å². The SMILES string of the molecule is Cc1ccc(N2CCN(Cc3cc(C(=O)N[C@H]4CCCC[C@@H]4O)c(=O)n4ccccc34)CC2)nc1. The van der Waals surface area contributed by atoms with Gasteiger partial charge in [-0.05, 0) is 55.2 Å². The third kappa shape index (κ3) is 5.09. The predicted octanol–water partition coefficient (Wildman–Crippen LogP) is 2.36. The molecule has 1 aliphatic heterocycles. The maximum absolute atomic E-state index is 13.2. The molecule has 1 aliphatic carbocycles. The first-order valence-electron chi connectivity index (χ1n) is 12.5. The molecule has 1 saturated carbocycles. The Morgan fingerprint density at radius 2 is 1.91 bits per heavy atom. The molecule has 3 aromatic rings. The maximum atomic E-state index is 13.2. The van der Waals surface area contributed by atoms with Crippen LogP contribution in [0.1, 0.15) is 47.2 Å². The van der Waals surface area contributed by atoms with Gasteiger partial charge in [0.25, 0.3) is 11.5 Å². The molecule has 8 nitrogen and oxygen atoms in total. The predicted molar refractivity (Wildman–Crippen MR) is 136 cm³/mol. The zero-order valence-electron chi connectivity index (χ0n) is 20.2. The number of carbonyl (C=O) groups is 1. The summed E-state index contributed by atoms with van der Waals surface area (Å²) < 4.78 is 1.56. The fourth-order valence-electron chi connectivity index (χ4n) is 5.16. The van der Waals surface area contributed by atoms with Gasteiger partial charge in [0, 0.05) is 45.1 Å². The minimum atomic E-state index is -0.560. The van der Waals surface area contributed by atoms with Gasteiger partial charge in [-0.1, -0.05) is 25.0 Å². The molecule has 0 bridgehead atoms. The van der Waals surface area contributed by atoms with Gasteiger partial charge in [0.15, 0.2) is 0 Å². The molecule has 184 valence electrons. The zero-order valence-corrected chi connectivity index (χ0v) is 20.2. The Hall–Kier alpha value is -3.23. The highest BCUT2D eigenvalue weighted by atomic mass is 16.3. The summed E-state index contributed by atoms with van der Waals surface area (Å²) in [6, 6.07) is 11.2. The van der Waals surface area contributed by atoms with Crippen LogP contribution in [0.15, 0.2) is 53.6 Å². The van der Waals surface area contributed by atoms with E-state index in [4.69, 9.17) is 0 Å². The van der Waals surface area contributed by atoms with Gasteiger partial charge in [0.1, 0.15) is 11.4 Å². The van der Waals surface area contributed by atoms with Gasteiger partial charge < -0.3 is 15.3 Å². The van der Waals surface area contributed by atoms with Crippen molar-refractivity contribution in [1.29, 1.82) is 0 Å². The number of rotatable bonds is 5. The first kappa shape index (κ1) is 23.5. The molecule has 5 rings (SSSR count). The van der Waals surface area contributed by atoms with Gasteiger partial charge in [-0.2, -0.15) is 0 Å². The van der Waals surface area contributed by atoms with Crippen LogP contribution in [0.5, 0.6) is 0 Å². The van der Waals surface area contributed by atoms with Gasteiger partial charge in [0.2, 0.25) is 0 Å². The second-order valence-corrected chi connectivity index (χ2v) is 9.73. The number of aromatic nitrogens is 2. The Bertz CT molecular complexity index is 1250. The van der Waals surface area contributed by atoms with Crippen LogP contribution in [-0.4, -0.2) is 63.6 Å². The normalized spacial score (nSPS) is 21.3. The number of aryl methyl sites for hydroxylation is 1. The number of anilines is 1. The molecule has 8 heteroatoms. The minimum Gasteiger partial charge on any atom is -0.391 e. The molecule has 1 amide bonds. The summed E-state index contributed by atoms with van der Waals surface area (Å²) in [5, 5.41) is 13.2. The number of piperazine rings is 1. The minimum absolute atomic E-state index is 0.129. The molecule has 0 aromatic carbocycles. The molecule has 2 N–H and O–H groups in total. The molecule has 2 fully saturated rings. The summed E-state index contributed by atoms with van der Waals surface area (Å²) in [5.41, 5.74) is 2.71. The molecule has 2 aliphatic rings. The van der Waals surface area contributed by atoms with Crippen LogP contribution in [0.3, 0.4) is 0 Å². The average molecular weight is 476 g/mol. The quantitative estimate of drug-likeness (QED) is 0.589. The monoisotopic (exact) mass is 475 g/mol. The molecule has 35 heavy (non-hydrogen) atoms. The van der Waals surface area contributed by atoms with Gasteiger partial charge in [0.05, 0.1) is 17.7 Å². The fraction of sp³-hybridized carbons (Fsp3) is 0.444. The Morgan fingerprint density at radius 3 is 2.66 bits per heavy atom. The highest BCUT2D eigenvalue weighted by Crippen LogP contribution is 2.20. The van der Waals surface area contributed by atoms with E-state index in [1.807, 2.05) is 25.3 Å². The van der Waals surface area contributed by atoms with Crippen molar-refractivity contribution in [2.24, 2.45) is 0 Å². The Balaban J connectivity index is 1.35. The second-order valence-electron chi connectivity index (χ2n) is 9.73. The van der Waals surface area contributed by atoms with Crippen LogP contribution in [0.4, 0.5) is 5.82 Å². The smallest absolute Gasteiger partial charge is 0.267 e. The molecule has 1 saturated heterocycles. The number of aliphatic hydroxyl groups excluding tert-OH is 1. The lowest BCUT2D eigenvalue weighted by Gasteiger charge is -2.35. The number of nitrogens with zero attached hydrogens (tertiary/aromatic N) is 4. The average Bonchev–Trinajstić information content (AvgIpc) is 2.88. The summed E-state index contributed by atoms with van der Waals surface area (Å²) in [5.74, 6) is 0.589. The van der Waals surface area contributed by atoms with Crippen LogP contribution >= 0.6 is 0 Å². The number of hydrogen-bond donors (Lipinski definition) is 2. The summed E-state index contributed by atoms with van der Waals surface area (Å²) in [4.78, 5) is 35.5. The highest BCUT2D eigenvalue weighted by Gasteiger charge is 2.27. The summed E-state index contributed by atoms with van der Waals surface area (Å²) in [6.07, 6.45) is 6.39. The first-order chi connectivity index (χ1) is 17.0. The molecular formula is C27H33N5O3. The first-order valence-corrected chi connectivity index (χ1v) is 12.5. The van der Waals surface area contributed by atoms with E-state index in [9.17, 15) is 14.7 Å². The number of fused-ring (bicyclic) bond motifs is 1. The zero-order chi connectivity index (χ0) is 24.4. The standard InChI is InChI=1S/C27H33N5O3/c1-19-9-10-25(28-17-19)31-14-12-30(13-15-31)18-20-16-21(27(35)32-11-5-4-7-23(20)32)26(34)29-22-6-2-3-8-24(22)33/h4-5,7,9-11,16-17,22,24,33H,2-3,6,8,12-15,18H2,1H3,(H,29,34)/t22-,24-/m0/s1. The second kappa shape index (κ2) is 10.2. The number of nitrogens with one attached hydrogen (secondary N) is 1. The van der Waals surface area contributed by atoms with Crippen molar-refractivity contribution in [3.63, 3.8) is 0 Å². The van der Waals surface area contributed by atoms with E-state index in [0.717, 1.165) is 67.9 Å². The largest absolute Gasteiger partial charge is 0.391 e. The van der Waals surface area contributed by atoms with Crippen molar-refractivity contribution in [3.8, 4) is 0 Å². The molecule has 0 spiro atoms. The van der Waals surface area contributed by atoms with Crippen molar-refractivity contribution in [2.75, 3.05) is 31.1 Å². The fourth-order valence-corrected chi connectivity index (χ4v) is 5.16. The lowest BCUT2D eigenvalue weighted by molar-refractivity contribution is 0.0716. The van der Waals surface area contributed by atoms with Crippen LogP contribution < -0.4 is 15.8 Å². The van der Waals surface area contributed by atoms with Crippen molar-refractivity contribution < 1.29 is 9.90 Å². The van der Waals surface area contributed by atoms with E-state index in [2.05, 4.69) is 32.2 Å². The van der Waals surface area contributed by atoms with Crippen LogP contribution in [0.2, 0.25) is 0 Å². The number of aliphatic hydroxyl groups is 1. The summed E-state index contributed by atoms with van der Waals surface area (Å²) in [6.45, 7) is 6.15. The van der Waals surface area contributed by atoms with Crippen molar-refractivity contribution in [2.45, 2.75) is 51.3 Å².